The fourth-order valence-corrected chi connectivity index (χ4v) is 1.78. The summed E-state index contributed by atoms with van der Waals surface area (Å²) in [4.78, 5) is 3.94. The third-order valence-electron chi connectivity index (χ3n) is 2.72. The Balaban J connectivity index is 2.54. The molecule has 0 bridgehead atoms. The van der Waals surface area contributed by atoms with Gasteiger partial charge in [-0.2, -0.15) is 4.98 Å². The third-order valence-corrected chi connectivity index (χ3v) is 2.72. The molecule has 0 aliphatic carbocycles. The van der Waals surface area contributed by atoms with Crippen LogP contribution in [0.5, 0.6) is 17.2 Å². The predicted molar refractivity (Wildman–Crippen MR) is 66.4 cm³/mol. The van der Waals surface area contributed by atoms with Crippen LogP contribution >= 0.6 is 0 Å². The van der Waals surface area contributed by atoms with Crippen LogP contribution in [0.4, 0.5) is 0 Å². The molecule has 102 valence electrons. The van der Waals surface area contributed by atoms with Gasteiger partial charge in [0.25, 0.3) is 0 Å². The maximum absolute atomic E-state index is 6.12. The van der Waals surface area contributed by atoms with Gasteiger partial charge in [-0.1, -0.05) is 5.16 Å². The first-order chi connectivity index (χ1) is 9.21. The van der Waals surface area contributed by atoms with Crippen molar-refractivity contribution in [1.82, 2.24) is 10.1 Å². The highest BCUT2D eigenvalue weighted by molar-refractivity contribution is 5.53. The largest absolute Gasteiger partial charge is 0.496 e. The van der Waals surface area contributed by atoms with Crippen molar-refractivity contribution in [1.29, 1.82) is 0 Å². The molecule has 0 saturated carbocycles. The second-order valence-electron chi connectivity index (χ2n) is 3.71. The lowest BCUT2D eigenvalue weighted by Crippen LogP contribution is -2.16. The molecule has 1 aromatic carbocycles. The summed E-state index contributed by atoms with van der Waals surface area (Å²) in [5.41, 5.74) is 6.75. The summed E-state index contributed by atoms with van der Waals surface area (Å²) in [6.45, 7) is 0. The first kappa shape index (κ1) is 13.2. The van der Waals surface area contributed by atoms with Crippen LogP contribution in [0, 0.1) is 0 Å². The number of nitrogens with zero attached hydrogens (tertiary/aromatic N) is 2. The van der Waals surface area contributed by atoms with E-state index in [0.717, 1.165) is 0 Å². The SMILES string of the molecule is COc1cc(OC)c(C(N)c2ncon2)c(OC)c1. The van der Waals surface area contributed by atoms with Crippen molar-refractivity contribution in [3.05, 3.63) is 29.9 Å². The van der Waals surface area contributed by atoms with E-state index in [1.807, 2.05) is 0 Å². The summed E-state index contributed by atoms with van der Waals surface area (Å²) in [5.74, 6) is 2.03. The minimum absolute atomic E-state index is 0.349. The number of ether oxygens (including phenoxy) is 3. The van der Waals surface area contributed by atoms with Crippen LogP contribution in [0.1, 0.15) is 17.4 Å². The lowest BCUT2D eigenvalue weighted by Gasteiger charge is -2.17. The zero-order valence-electron chi connectivity index (χ0n) is 10.9. The number of methoxy groups -OCH3 is 3. The van der Waals surface area contributed by atoms with Gasteiger partial charge in [-0.3, -0.25) is 0 Å². The van der Waals surface area contributed by atoms with Gasteiger partial charge in [-0.15, -0.1) is 0 Å². The van der Waals surface area contributed by atoms with Gasteiger partial charge in [-0.05, 0) is 0 Å². The van der Waals surface area contributed by atoms with Crippen molar-refractivity contribution in [2.24, 2.45) is 5.73 Å². The molecule has 0 radical (unpaired) electrons. The highest BCUT2D eigenvalue weighted by atomic mass is 16.5. The molecular weight excluding hydrogens is 250 g/mol. The van der Waals surface area contributed by atoms with Crippen LogP contribution in [0.15, 0.2) is 23.0 Å². The molecule has 7 heteroatoms. The van der Waals surface area contributed by atoms with Crippen molar-refractivity contribution in [3.8, 4) is 17.2 Å². The Bertz CT molecular complexity index is 517. The molecule has 0 spiro atoms. The fraction of sp³-hybridized carbons (Fsp3) is 0.333. The second kappa shape index (κ2) is 5.57. The van der Waals surface area contributed by atoms with Crippen molar-refractivity contribution < 1.29 is 18.7 Å². The quantitative estimate of drug-likeness (QED) is 0.866. The minimum Gasteiger partial charge on any atom is -0.496 e. The molecule has 0 aliphatic heterocycles. The number of nitrogens with two attached hydrogens (primary N) is 1. The molecule has 1 unspecified atom stereocenters. The molecule has 0 aliphatic rings. The minimum atomic E-state index is -0.616. The van der Waals surface area contributed by atoms with Gasteiger partial charge in [0.05, 0.1) is 26.9 Å². The van der Waals surface area contributed by atoms with Crippen LogP contribution in [0.3, 0.4) is 0 Å². The Morgan fingerprint density at radius 1 is 1.11 bits per heavy atom. The van der Waals surface area contributed by atoms with Gasteiger partial charge in [0.1, 0.15) is 23.3 Å². The first-order valence-corrected chi connectivity index (χ1v) is 5.53. The maximum Gasteiger partial charge on any atom is 0.213 e. The van der Waals surface area contributed by atoms with Crippen LogP contribution in [-0.4, -0.2) is 31.5 Å². The van der Waals surface area contributed by atoms with Crippen molar-refractivity contribution in [2.75, 3.05) is 21.3 Å². The fourth-order valence-electron chi connectivity index (χ4n) is 1.78. The predicted octanol–water partition coefficient (Wildman–Crippen LogP) is 1.14. The van der Waals surface area contributed by atoms with Gasteiger partial charge >= 0.3 is 0 Å². The lowest BCUT2D eigenvalue weighted by atomic mass is 10.0. The van der Waals surface area contributed by atoms with E-state index >= 15 is 0 Å². The van der Waals surface area contributed by atoms with Crippen LogP contribution < -0.4 is 19.9 Å². The zero-order chi connectivity index (χ0) is 13.8. The molecule has 0 amide bonds. The third kappa shape index (κ3) is 2.45. The smallest absolute Gasteiger partial charge is 0.213 e. The number of benzene rings is 1. The van der Waals surface area contributed by atoms with Crippen molar-refractivity contribution in [3.63, 3.8) is 0 Å². The van der Waals surface area contributed by atoms with Gasteiger partial charge in [-0.25, -0.2) is 0 Å². The standard InChI is InChI=1S/C12H15N3O4/c1-16-7-4-8(17-2)10(9(5-7)18-3)11(13)12-14-6-19-15-12/h4-6,11H,13H2,1-3H3. The van der Waals surface area contributed by atoms with Crippen LogP contribution in [0.2, 0.25) is 0 Å². The summed E-state index contributed by atoms with van der Waals surface area (Å²) >= 11 is 0. The number of rotatable bonds is 5. The van der Waals surface area contributed by atoms with Gasteiger partial charge in [0.15, 0.2) is 5.82 Å². The Morgan fingerprint density at radius 3 is 2.16 bits per heavy atom. The maximum atomic E-state index is 6.12. The number of hydrogen-bond donors (Lipinski definition) is 1. The molecule has 2 aromatic rings. The van der Waals surface area contributed by atoms with E-state index in [-0.39, 0.29) is 0 Å². The molecule has 2 rings (SSSR count). The van der Waals surface area contributed by atoms with Crippen molar-refractivity contribution >= 4 is 0 Å². The Morgan fingerprint density at radius 2 is 1.74 bits per heavy atom. The molecular formula is C12H15N3O4. The van der Waals surface area contributed by atoms with E-state index < -0.39 is 6.04 Å². The molecule has 0 fully saturated rings. The van der Waals surface area contributed by atoms with Crippen molar-refractivity contribution in [2.45, 2.75) is 6.04 Å². The molecule has 7 nitrogen and oxygen atoms in total. The van der Waals surface area contributed by atoms with E-state index in [1.165, 1.54) is 6.39 Å². The molecule has 2 N–H and O–H groups in total. The Hall–Kier alpha value is -2.28. The second-order valence-corrected chi connectivity index (χ2v) is 3.71. The normalized spacial score (nSPS) is 12.0. The van der Waals surface area contributed by atoms with Crippen LogP contribution in [-0.2, 0) is 0 Å². The summed E-state index contributed by atoms with van der Waals surface area (Å²) in [6.07, 6.45) is 1.22. The van der Waals surface area contributed by atoms with Gasteiger partial charge in [0, 0.05) is 12.1 Å². The summed E-state index contributed by atoms with van der Waals surface area (Å²) in [7, 11) is 4.65. The van der Waals surface area contributed by atoms with Gasteiger partial charge in [0.2, 0.25) is 6.39 Å². The van der Waals surface area contributed by atoms with E-state index in [2.05, 4.69) is 10.1 Å². The van der Waals surface area contributed by atoms with E-state index in [1.54, 1.807) is 33.5 Å². The summed E-state index contributed by atoms with van der Waals surface area (Å²) < 4.78 is 20.5. The van der Waals surface area contributed by atoms with Crippen LogP contribution in [0.25, 0.3) is 0 Å². The summed E-state index contributed by atoms with van der Waals surface area (Å²) in [5, 5.41) is 3.73. The monoisotopic (exact) mass is 265 g/mol. The lowest BCUT2D eigenvalue weighted by molar-refractivity contribution is 0.364. The highest BCUT2D eigenvalue weighted by Gasteiger charge is 2.23. The van der Waals surface area contributed by atoms with E-state index in [9.17, 15) is 0 Å². The van der Waals surface area contributed by atoms with E-state index in [0.29, 0.717) is 28.6 Å². The number of aromatic nitrogens is 2. The average molecular weight is 265 g/mol. The highest BCUT2D eigenvalue weighted by Crippen LogP contribution is 2.38. The molecule has 1 heterocycles. The first-order valence-electron chi connectivity index (χ1n) is 5.53. The van der Waals surface area contributed by atoms with Gasteiger partial charge < -0.3 is 24.5 Å². The average Bonchev–Trinajstić information content (AvgIpc) is 2.99. The molecule has 1 aromatic heterocycles. The number of hydrogen-bond acceptors (Lipinski definition) is 7. The summed E-state index contributed by atoms with van der Waals surface area (Å²) in [6, 6.07) is 2.82. The Kier molecular flexibility index (Phi) is 3.86. The van der Waals surface area contributed by atoms with E-state index in [4.69, 9.17) is 24.5 Å². The molecule has 19 heavy (non-hydrogen) atoms. The zero-order valence-corrected chi connectivity index (χ0v) is 10.9. The molecule has 1 atom stereocenters. The Labute approximate surface area is 110 Å². The molecule has 0 saturated heterocycles. The topological polar surface area (TPSA) is 92.6 Å².